The number of rotatable bonds is 3. The molecule has 2 heterocycles. The van der Waals surface area contributed by atoms with E-state index in [2.05, 4.69) is 27.2 Å². The van der Waals surface area contributed by atoms with Gasteiger partial charge in [0.15, 0.2) is 0 Å². The molecule has 2 aromatic heterocycles. The number of nitrogens with two attached hydrogens (primary N) is 1. The lowest BCUT2D eigenvalue weighted by atomic mass is 10.4. The maximum absolute atomic E-state index is 5.78. The second-order valence-corrected chi connectivity index (χ2v) is 5.21. The van der Waals surface area contributed by atoms with Gasteiger partial charge in [-0.2, -0.15) is 4.98 Å². The highest BCUT2D eigenvalue weighted by Crippen LogP contribution is 2.18. The summed E-state index contributed by atoms with van der Waals surface area (Å²) in [6, 6.07) is 1.63. The van der Waals surface area contributed by atoms with Gasteiger partial charge in [-0.05, 0) is 13.8 Å². The minimum absolute atomic E-state index is 0.159. The molecular weight excluding hydrogens is 258 g/mol. The summed E-state index contributed by atoms with van der Waals surface area (Å²) in [6.45, 7) is 4.65. The molecule has 0 aliphatic heterocycles. The van der Waals surface area contributed by atoms with Crippen LogP contribution in [0.1, 0.15) is 15.6 Å². The Labute approximate surface area is 108 Å². The zero-order valence-corrected chi connectivity index (χ0v) is 11.1. The third-order valence-electron chi connectivity index (χ3n) is 2.21. The summed E-state index contributed by atoms with van der Waals surface area (Å²) in [5.41, 5.74) is 6.56. The Kier molecular flexibility index (Phi) is 3.44. The molecule has 0 atom stereocenters. The Hall–Kier alpha value is -1.40. The van der Waals surface area contributed by atoms with Crippen LogP contribution in [-0.4, -0.2) is 15.0 Å². The third kappa shape index (κ3) is 3.04. The van der Waals surface area contributed by atoms with Gasteiger partial charge in [-0.3, -0.25) is 0 Å². The van der Waals surface area contributed by atoms with Crippen LogP contribution in [-0.2, 0) is 6.54 Å². The van der Waals surface area contributed by atoms with Crippen LogP contribution < -0.4 is 11.1 Å². The van der Waals surface area contributed by atoms with Crippen molar-refractivity contribution in [2.45, 2.75) is 20.4 Å². The first-order chi connectivity index (χ1) is 8.04. The monoisotopic (exact) mass is 269 g/mol. The van der Waals surface area contributed by atoms with Crippen molar-refractivity contribution in [3.63, 3.8) is 0 Å². The first kappa shape index (κ1) is 12.1. The van der Waals surface area contributed by atoms with Crippen molar-refractivity contribution < 1.29 is 0 Å². The number of nitrogen functional groups attached to an aromatic ring is 1. The van der Waals surface area contributed by atoms with E-state index in [1.54, 1.807) is 17.4 Å². The maximum Gasteiger partial charge on any atom is 0.223 e. The zero-order valence-electron chi connectivity index (χ0n) is 9.49. The van der Waals surface area contributed by atoms with E-state index in [9.17, 15) is 0 Å². The van der Waals surface area contributed by atoms with Gasteiger partial charge in [0, 0.05) is 10.9 Å². The fourth-order valence-electron chi connectivity index (χ4n) is 1.31. The van der Waals surface area contributed by atoms with Crippen LogP contribution in [0, 0.1) is 13.8 Å². The van der Waals surface area contributed by atoms with Gasteiger partial charge in [-0.25, -0.2) is 9.97 Å². The van der Waals surface area contributed by atoms with Crippen LogP contribution in [0.25, 0.3) is 0 Å². The quantitative estimate of drug-likeness (QED) is 0.837. The van der Waals surface area contributed by atoms with E-state index in [0.717, 1.165) is 10.7 Å². The van der Waals surface area contributed by atoms with Crippen LogP contribution >= 0.6 is 22.9 Å². The second-order valence-electron chi connectivity index (χ2n) is 3.54. The fraction of sp³-hybridized carbons (Fsp3) is 0.300. The molecule has 0 radical (unpaired) electrons. The van der Waals surface area contributed by atoms with Gasteiger partial charge < -0.3 is 11.1 Å². The summed E-state index contributed by atoms with van der Waals surface area (Å²) in [6.07, 6.45) is 0. The topological polar surface area (TPSA) is 76.7 Å². The van der Waals surface area contributed by atoms with Crippen molar-refractivity contribution in [2.75, 3.05) is 11.1 Å². The summed E-state index contributed by atoms with van der Waals surface area (Å²) in [5, 5.41) is 4.45. The Morgan fingerprint density at radius 2 is 2.12 bits per heavy atom. The molecule has 90 valence electrons. The molecule has 3 N–H and O–H groups in total. The van der Waals surface area contributed by atoms with Crippen molar-refractivity contribution in [1.29, 1.82) is 0 Å². The number of aromatic nitrogens is 3. The highest BCUT2D eigenvalue weighted by molar-refractivity contribution is 7.11. The van der Waals surface area contributed by atoms with Gasteiger partial charge in [0.05, 0.1) is 12.2 Å². The van der Waals surface area contributed by atoms with E-state index in [-0.39, 0.29) is 5.95 Å². The highest BCUT2D eigenvalue weighted by atomic mass is 35.5. The molecule has 17 heavy (non-hydrogen) atoms. The van der Waals surface area contributed by atoms with Crippen molar-refractivity contribution >= 4 is 34.7 Å². The number of aryl methyl sites for hydroxylation is 2. The van der Waals surface area contributed by atoms with E-state index >= 15 is 0 Å². The smallest absolute Gasteiger partial charge is 0.223 e. The molecule has 0 saturated heterocycles. The first-order valence-corrected chi connectivity index (χ1v) is 6.21. The van der Waals surface area contributed by atoms with Gasteiger partial charge >= 0.3 is 0 Å². The van der Waals surface area contributed by atoms with E-state index in [4.69, 9.17) is 17.3 Å². The van der Waals surface area contributed by atoms with Gasteiger partial charge in [-0.1, -0.05) is 11.6 Å². The summed E-state index contributed by atoms with van der Waals surface area (Å²) >= 11 is 7.44. The molecule has 7 heteroatoms. The van der Waals surface area contributed by atoms with Crippen molar-refractivity contribution in [3.8, 4) is 0 Å². The first-order valence-electron chi connectivity index (χ1n) is 5.01. The molecule has 0 aromatic carbocycles. The van der Waals surface area contributed by atoms with Gasteiger partial charge in [0.25, 0.3) is 0 Å². The number of nitrogens with zero attached hydrogens (tertiary/aromatic N) is 3. The highest BCUT2D eigenvalue weighted by Gasteiger charge is 2.05. The predicted molar refractivity (Wildman–Crippen MR) is 70.4 cm³/mol. The standard InChI is InChI=1S/C10H12ClN5S/c1-5-6(2)17-9(14-5)4-13-8-3-7(11)15-10(12)16-8/h3H,4H2,1-2H3,(H3,12,13,15,16). The number of nitrogens with one attached hydrogen (secondary N) is 1. The van der Waals surface area contributed by atoms with E-state index in [1.165, 1.54) is 4.88 Å². The summed E-state index contributed by atoms with van der Waals surface area (Å²) in [7, 11) is 0. The van der Waals surface area contributed by atoms with Crippen molar-refractivity contribution in [2.24, 2.45) is 0 Å². The van der Waals surface area contributed by atoms with Crippen LogP contribution in [0.5, 0.6) is 0 Å². The normalized spacial score (nSPS) is 10.5. The minimum Gasteiger partial charge on any atom is -0.368 e. The predicted octanol–water partition coefficient (Wildman–Crippen LogP) is 2.40. The van der Waals surface area contributed by atoms with Crippen LogP contribution in [0.4, 0.5) is 11.8 Å². The summed E-state index contributed by atoms with van der Waals surface area (Å²) in [4.78, 5) is 13.5. The molecule has 2 rings (SSSR count). The van der Waals surface area contributed by atoms with E-state index in [0.29, 0.717) is 17.5 Å². The lowest BCUT2D eigenvalue weighted by Gasteiger charge is -2.03. The van der Waals surface area contributed by atoms with Crippen molar-refractivity contribution in [1.82, 2.24) is 15.0 Å². The summed E-state index contributed by atoms with van der Waals surface area (Å²) in [5.74, 6) is 0.763. The average molecular weight is 270 g/mol. The molecule has 0 spiro atoms. The Balaban J connectivity index is 2.07. The molecule has 0 saturated carbocycles. The molecule has 0 bridgehead atoms. The third-order valence-corrected chi connectivity index (χ3v) is 3.47. The number of anilines is 2. The maximum atomic E-state index is 5.78. The average Bonchev–Trinajstić information content (AvgIpc) is 2.54. The lowest BCUT2D eigenvalue weighted by Crippen LogP contribution is -2.04. The summed E-state index contributed by atoms with van der Waals surface area (Å²) < 4.78 is 0. The van der Waals surface area contributed by atoms with Gasteiger partial charge in [0.2, 0.25) is 5.95 Å². The SMILES string of the molecule is Cc1nc(CNc2cc(Cl)nc(N)n2)sc1C. The van der Waals surface area contributed by atoms with Gasteiger partial charge in [-0.15, -0.1) is 11.3 Å². The molecule has 0 aliphatic carbocycles. The fourth-order valence-corrected chi connectivity index (χ4v) is 2.37. The number of hydrogen-bond donors (Lipinski definition) is 2. The van der Waals surface area contributed by atoms with Crippen LogP contribution in [0.2, 0.25) is 5.15 Å². The molecule has 5 nitrogen and oxygen atoms in total. The molecule has 0 amide bonds. The number of halogens is 1. The number of thiazole rings is 1. The van der Waals surface area contributed by atoms with E-state index < -0.39 is 0 Å². The Morgan fingerprint density at radius 1 is 1.35 bits per heavy atom. The molecule has 2 aromatic rings. The Morgan fingerprint density at radius 3 is 2.71 bits per heavy atom. The van der Waals surface area contributed by atoms with Crippen LogP contribution in [0.3, 0.4) is 0 Å². The van der Waals surface area contributed by atoms with Crippen LogP contribution in [0.15, 0.2) is 6.07 Å². The molecular formula is C10H12ClN5S. The minimum atomic E-state index is 0.159. The second kappa shape index (κ2) is 4.85. The van der Waals surface area contributed by atoms with E-state index in [1.807, 2.05) is 6.92 Å². The van der Waals surface area contributed by atoms with Crippen molar-refractivity contribution in [3.05, 3.63) is 26.8 Å². The number of hydrogen-bond acceptors (Lipinski definition) is 6. The molecule has 0 fully saturated rings. The Bertz CT molecular complexity index is 500. The van der Waals surface area contributed by atoms with Gasteiger partial charge in [0.1, 0.15) is 16.0 Å². The largest absolute Gasteiger partial charge is 0.368 e. The lowest BCUT2D eigenvalue weighted by molar-refractivity contribution is 1.05. The zero-order chi connectivity index (χ0) is 12.4. The molecule has 0 unspecified atom stereocenters. The molecule has 0 aliphatic rings.